The number of halogens is 2. The van der Waals surface area contributed by atoms with Gasteiger partial charge in [-0.1, -0.05) is 6.42 Å². The van der Waals surface area contributed by atoms with Gasteiger partial charge in [0.05, 0.1) is 12.7 Å². The molecule has 2 N–H and O–H groups in total. The van der Waals surface area contributed by atoms with Crippen LogP contribution in [0.3, 0.4) is 0 Å². The fourth-order valence-corrected chi connectivity index (χ4v) is 1.99. The first-order valence-electron chi connectivity index (χ1n) is 5.23. The minimum atomic E-state index is -2.56. The lowest BCUT2D eigenvalue weighted by molar-refractivity contribution is -0.0847. The minimum absolute atomic E-state index is 0.0110. The molecule has 0 amide bonds. The van der Waals surface area contributed by atoms with Crippen LogP contribution < -0.4 is 5.73 Å². The van der Waals surface area contributed by atoms with Crippen molar-refractivity contribution in [1.29, 1.82) is 0 Å². The third-order valence-electron chi connectivity index (χ3n) is 2.81. The number of ether oxygens (including phenoxy) is 1. The Balaban J connectivity index is 2.36. The highest BCUT2D eigenvalue weighted by molar-refractivity contribution is 4.81. The van der Waals surface area contributed by atoms with E-state index in [1.54, 1.807) is 0 Å². The molecule has 2 atom stereocenters. The molecule has 0 saturated heterocycles. The first-order valence-corrected chi connectivity index (χ1v) is 5.23. The van der Waals surface area contributed by atoms with Gasteiger partial charge in [0.1, 0.15) is 0 Å². The number of alkyl halides is 2. The Bertz CT molecular complexity index is 170. The zero-order valence-corrected chi connectivity index (χ0v) is 8.64. The molecule has 4 heteroatoms. The Morgan fingerprint density at radius 2 is 2.14 bits per heavy atom. The molecule has 1 fully saturated rings. The van der Waals surface area contributed by atoms with Crippen molar-refractivity contribution in [3.63, 3.8) is 0 Å². The Hall–Kier alpha value is -0.220. The maximum absolute atomic E-state index is 13.0. The van der Waals surface area contributed by atoms with Crippen LogP contribution in [-0.2, 0) is 4.74 Å². The Kier molecular flexibility index (Phi) is 4.26. The topological polar surface area (TPSA) is 35.2 Å². The van der Waals surface area contributed by atoms with Gasteiger partial charge in [-0.15, -0.1) is 0 Å². The van der Waals surface area contributed by atoms with Gasteiger partial charge in [0.2, 0.25) is 5.92 Å². The highest BCUT2D eigenvalue weighted by atomic mass is 19.3. The number of hydrogen-bond donors (Lipinski definition) is 1. The quantitative estimate of drug-likeness (QED) is 0.766. The van der Waals surface area contributed by atoms with Crippen LogP contribution >= 0.6 is 0 Å². The number of hydrogen-bond acceptors (Lipinski definition) is 2. The van der Waals surface area contributed by atoms with E-state index in [9.17, 15) is 8.78 Å². The van der Waals surface area contributed by atoms with E-state index >= 15 is 0 Å². The smallest absolute Gasteiger partial charge is 0.248 e. The van der Waals surface area contributed by atoms with E-state index in [1.807, 2.05) is 0 Å². The van der Waals surface area contributed by atoms with Crippen molar-refractivity contribution in [3.8, 4) is 0 Å². The van der Waals surface area contributed by atoms with Crippen LogP contribution in [0.25, 0.3) is 0 Å². The van der Waals surface area contributed by atoms with Crippen molar-refractivity contribution >= 4 is 0 Å². The lowest BCUT2D eigenvalue weighted by Gasteiger charge is -2.32. The summed E-state index contributed by atoms with van der Waals surface area (Å²) < 4.78 is 31.4. The van der Waals surface area contributed by atoms with Crippen LogP contribution in [0.15, 0.2) is 0 Å². The third kappa shape index (κ3) is 3.50. The number of rotatable bonds is 4. The summed E-state index contributed by atoms with van der Waals surface area (Å²) in [4.78, 5) is 0. The van der Waals surface area contributed by atoms with Crippen molar-refractivity contribution in [3.05, 3.63) is 0 Å². The summed E-state index contributed by atoms with van der Waals surface area (Å²) in [5, 5.41) is 0. The van der Waals surface area contributed by atoms with Crippen LogP contribution in [-0.4, -0.2) is 25.2 Å². The summed E-state index contributed by atoms with van der Waals surface area (Å²) in [5.74, 6) is -3.08. The second-order valence-electron chi connectivity index (χ2n) is 4.10. The lowest BCUT2D eigenvalue weighted by atomic mass is 9.83. The highest BCUT2D eigenvalue weighted by Gasteiger charge is 2.37. The van der Waals surface area contributed by atoms with Crippen LogP contribution in [0, 0.1) is 5.92 Å². The second kappa shape index (κ2) is 5.03. The summed E-state index contributed by atoms with van der Waals surface area (Å²) in [6.45, 7) is 1.94. The maximum Gasteiger partial charge on any atom is 0.248 e. The van der Waals surface area contributed by atoms with E-state index in [2.05, 4.69) is 0 Å². The van der Waals surface area contributed by atoms with E-state index in [0.29, 0.717) is 26.0 Å². The van der Waals surface area contributed by atoms with Crippen LogP contribution in [0.2, 0.25) is 0 Å². The van der Waals surface area contributed by atoms with E-state index < -0.39 is 11.8 Å². The monoisotopic (exact) mass is 207 g/mol. The summed E-state index contributed by atoms with van der Waals surface area (Å²) in [6.07, 6.45) is 2.81. The molecule has 0 aromatic carbocycles. The molecule has 1 saturated carbocycles. The van der Waals surface area contributed by atoms with E-state index in [1.165, 1.54) is 0 Å². The predicted octanol–water partition coefficient (Wildman–Crippen LogP) is 2.18. The average molecular weight is 207 g/mol. The molecule has 84 valence electrons. The number of nitrogens with two attached hydrogens (primary N) is 1. The summed E-state index contributed by atoms with van der Waals surface area (Å²) >= 11 is 0. The fraction of sp³-hybridized carbons (Fsp3) is 1.00. The van der Waals surface area contributed by atoms with Crippen molar-refractivity contribution < 1.29 is 13.5 Å². The molecule has 14 heavy (non-hydrogen) atoms. The average Bonchev–Trinajstić information content (AvgIpc) is 2.14. The van der Waals surface area contributed by atoms with E-state index in [0.717, 1.165) is 19.8 Å². The molecule has 0 heterocycles. The third-order valence-corrected chi connectivity index (χ3v) is 2.81. The summed E-state index contributed by atoms with van der Waals surface area (Å²) in [6, 6.07) is 0. The zero-order valence-electron chi connectivity index (χ0n) is 8.64. The molecule has 0 aromatic heterocycles. The molecule has 1 aliphatic rings. The Labute approximate surface area is 83.8 Å². The van der Waals surface area contributed by atoms with Gasteiger partial charge < -0.3 is 10.5 Å². The molecule has 0 aliphatic heterocycles. The van der Waals surface area contributed by atoms with E-state index in [4.69, 9.17) is 10.5 Å². The first-order chi connectivity index (χ1) is 6.54. The Morgan fingerprint density at radius 1 is 1.43 bits per heavy atom. The van der Waals surface area contributed by atoms with Gasteiger partial charge in [0, 0.05) is 12.5 Å². The van der Waals surface area contributed by atoms with Gasteiger partial charge in [-0.05, 0) is 26.2 Å². The van der Waals surface area contributed by atoms with Crippen LogP contribution in [0.5, 0.6) is 0 Å². The zero-order chi connectivity index (χ0) is 10.6. The molecule has 1 aliphatic carbocycles. The molecular formula is C10H19F2NO. The molecular weight excluding hydrogens is 188 g/mol. The normalized spacial score (nSPS) is 29.1. The largest absolute Gasteiger partial charge is 0.377 e. The van der Waals surface area contributed by atoms with Crippen molar-refractivity contribution in [2.45, 2.75) is 44.6 Å². The summed E-state index contributed by atoms with van der Waals surface area (Å²) in [7, 11) is 0. The van der Waals surface area contributed by atoms with Crippen LogP contribution in [0.1, 0.15) is 32.6 Å². The first kappa shape index (κ1) is 11.9. The molecule has 0 radical (unpaired) electrons. The van der Waals surface area contributed by atoms with E-state index in [-0.39, 0.29) is 6.10 Å². The van der Waals surface area contributed by atoms with Crippen molar-refractivity contribution in [2.24, 2.45) is 11.7 Å². The van der Waals surface area contributed by atoms with Crippen LogP contribution in [0.4, 0.5) is 8.78 Å². The predicted molar refractivity (Wildman–Crippen MR) is 51.4 cm³/mol. The van der Waals surface area contributed by atoms with Gasteiger partial charge in [0.25, 0.3) is 0 Å². The second-order valence-corrected chi connectivity index (χ2v) is 4.10. The maximum atomic E-state index is 13.0. The minimum Gasteiger partial charge on any atom is -0.377 e. The standard InChI is InChI=1S/C10H19F2NO/c1-10(11,12)8-3-2-4-9(7-8)14-6-5-13/h8-9H,2-7,13H2,1H3. The molecule has 0 aromatic rings. The highest BCUT2D eigenvalue weighted by Crippen LogP contribution is 2.37. The van der Waals surface area contributed by atoms with Gasteiger partial charge in [0.15, 0.2) is 0 Å². The summed E-state index contributed by atoms with van der Waals surface area (Å²) in [5.41, 5.74) is 5.29. The molecule has 1 rings (SSSR count). The molecule has 2 unspecified atom stereocenters. The van der Waals surface area contributed by atoms with Gasteiger partial charge >= 0.3 is 0 Å². The van der Waals surface area contributed by atoms with Gasteiger partial charge in [-0.3, -0.25) is 0 Å². The van der Waals surface area contributed by atoms with Gasteiger partial charge in [-0.25, -0.2) is 8.78 Å². The molecule has 0 spiro atoms. The lowest BCUT2D eigenvalue weighted by Crippen LogP contribution is -2.33. The Morgan fingerprint density at radius 3 is 2.71 bits per heavy atom. The van der Waals surface area contributed by atoms with Gasteiger partial charge in [-0.2, -0.15) is 0 Å². The fourth-order valence-electron chi connectivity index (χ4n) is 1.99. The molecule has 0 bridgehead atoms. The van der Waals surface area contributed by atoms with Crippen molar-refractivity contribution in [2.75, 3.05) is 13.2 Å². The van der Waals surface area contributed by atoms with Crippen molar-refractivity contribution in [1.82, 2.24) is 0 Å². The molecule has 2 nitrogen and oxygen atoms in total. The SMILES string of the molecule is CC(F)(F)C1CCCC(OCCN)C1.